The Labute approximate surface area is 195 Å². The molecule has 6 nitrogen and oxygen atoms in total. The van der Waals surface area contributed by atoms with Crippen LogP contribution in [0.25, 0.3) is 0 Å². The number of piperazine rings is 1. The first-order valence-corrected chi connectivity index (χ1v) is 11.0. The maximum absolute atomic E-state index is 4.76. The maximum atomic E-state index is 4.76. The van der Waals surface area contributed by atoms with E-state index in [4.69, 9.17) is 4.99 Å². The highest BCUT2D eigenvalue weighted by molar-refractivity contribution is 14.0. The monoisotopic (exact) mass is 528 g/mol. The van der Waals surface area contributed by atoms with E-state index in [9.17, 15) is 0 Å². The van der Waals surface area contributed by atoms with Gasteiger partial charge in [-0.15, -0.1) is 35.3 Å². The van der Waals surface area contributed by atoms with Crippen LogP contribution in [0.1, 0.15) is 29.2 Å². The molecule has 0 bridgehead atoms. The number of halogens is 1. The van der Waals surface area contributed by atoms with E-state index in [1.54, 1.807) is 0 Å². The molecule has 0 spiro atoms. The fourth-order valence-corrected chi connectivity index (χ4v) is 4.12. The van der Waals surface area contributed by atoms with Crippen molar-refractivity contribution in [2.75, 3.05) is 44.2 Å². The summed E-state index contributed by atoms with van der Waals surface area (Å²) in [5.74, 6) is 1.92. The zero-order valence-electron chi connectivity index (χ0n) is 17.6. The molecule has 0 amide bonds. The smallest absolute Gasteiger partial charge is 0.191 e. The molecule has 29 heavy (non-hydrogen) atoms. The van der Waals surface area contributed by atoms with E-state index in [-0.39, 0.29) is 24.0 Å². The lowest BCUT2D eigenvalue weighted by Crippen LogP contribution is -2.46. The molecule has 0 atom stereocenters. The van der Waals surface area contributed by atoms with E-state index in [2.05, 4.69) is 70.5 Å². The molecule has 2 N–H and O–H groups in total. The van der Waals surface area contributed by atoms with E-state index in [1.165, 1.54) is 15.3 Å². The first-order chi connectivity index (χ1) is 13.7. The Kier molecular flexibility index (Phi) is 10.2. The Hall–Kier alpha value is -1.39. The fraction of sp³-hybridized carbons (Fsp3) is 0.524. The molecule has 8 heteroatoms. The largest absolute Gasteiger partial charge is 0.357 e. The molecular weight excluding hydrogens is 495 g/mol. The maximum Gasteiger partial charge on any atom is 0.191 e. The van der Waals surface area contributed by atoms with Crippen molar-refractivity contribution in [2.24, 2.45) is 4.99 Å². The van der Waals surface area contributed by atoms with Gasteiger partial charge in [-0.1, -0.05) is 6.92 Å². The molecule has 2 aromatic heterocycles. The van der Waals surface area contributed by atoms with E-state index in [0.29, 0.717) is 6.54 Å². The number of likely N-dealkylation sites (N-methyl/N-ethyl adjacent to an activating group) is 1. The highest BCUT2D eigenvalue weighted by Crippen LogP contribution is 2.16. The van der Waals surface area contributed by atoms with Gasteiger partial charge in [-0.25, -0.2) is 9.98 Å². The van der Waals surface area contributed by atoms with Gasteiger partial charge in [0, 0.05) is 48.7 Å². The molecule has 0 saturated carbocycles. The number of aromatic nitrogens is 1. The molecule has 3 heterocycles. The van der Waals surface area contributed by atoms with Crippen molar-refractivity contribution in [3.63, 3.8) is 0 Å². The van der Waals surface area contributed by atoms with E-state index >= 15 is 0 Å². The molecule has 2 aromatic rings. The minimum Gasteiger partial charge on any atom is -0.357 e. The van der Waals surface area contributed by atoms with Crippen molar-refractivity contribution in [1.82, 2.24) is 20.5 Å². The van der Waals surface area contributed by atoms with Gasteiger partial charge in [-0.3, -0.25) is 0 Å². The molecule has 3 rings (SSSR count). The summed E-state index contributed by atoms with van der Waals surface area (Å²) in [5.41, 5.74) is 1.19. The van der Waals surface area contributed by atoms with Crippen LogP contribution in [0.2, 0.25) is 0 Å². The van der Waals surface area contributed by atoms with Crippen molar-refractivity contribution in [3.8, 4) is 0 Å². The van der Waals surface area contributed by atoms with Crippen molar-refractivity contribution >= 4 is 47.1 Å². The number of nitrogens with zero attached hydrogens (tertiary/aromatic N) is 4. The Morgan fingerprint density at radius 3 is 2.59 bits per heavy atom. The van der Waals surface area contributed by atoms with Gasteiger partial charge in [-0.05, 0) is 50.2 Å². The quantitative estimate of drug-likeness (QED) is 0.328. The molecular formula is C21H33IN6S. The van der Waals surface area contributed by atoms with Gasteiger partial charge in [-0.2, -0.15) is 0 Å². The summed E-state index contributed by atoms with van der Waals surface area (Å²) in [5, 5.41) is 6.76. The molecule has 1 aliphatic heterocycles. The molecule has 0 radical (unpaired) electrons. The normalized spacial score (nSPS) is 15.1. The number of guanidine groups is 1. The summed E-state index contributed by atoms with van der Waals surface area (Å²) < 4.78 is 0. The number of aryl methyl sites for hydroxylation is 1. The Balaban J connectivity index is 0.00000300. The molecule has 0 unspecified atom stereocenters. The summed E-state index contributed by atoms with van der Waals surface area (Å²) in [4.78, 5) is 16.9. The van der Waals surface area contributed by atoms with Crippen LogP contribution >= 0.6 is 35.3 Å². The van der Waals surface area contributed by atoms with E-state index in [0.717, 1.165) is 57.6 Å². The number of anilines is 1. The number of nitrogens with one attached hydrogen (secondary N) is 2. The van der Waals surface area contributed by atoms with E-state index in [1.807, 2.05) is 17.5 Å². The molecule has 160 valence electrons. The number of hydrogen-bond donors (Lipinski definition) is 2. The molecule has 1 aliphatic rings. The molecule has 0 aromatic carbocycles. The third-order valence-corrected chi connectivity index (χ3v) is 5.94. The minimum absolute atomic E-state index is 0. The first-order valence-electron chi connectivity index (χ1n) is 10.2. The predicted molar refractivity (Wildman–Crippen MR) is 135 cm³/mol. The summed E-state index contributed by atoms with van der Waals surface area (Å²) in [6.45, 7) is 14.2. The molecule has 1 fully saturated rings. The number of pyridine rings is 1. The van der Waals surface area contributed by atoms with Crippen LogP contribution in [-0.4, -0.2) is 55.1 Å². The summed E-state index contributed by atoms with van der Waals surface area (Å²) in [7, 11) is 0. The van der Waals surface area contributed by atoms with Gasteiger partial charge in [0.15, 0.2) is 5.96 Å². The van der Waals surface area contributed by atoms with Gasteiger partial charge in [0.2, 0.25) is 0 Å². The highest BCUT2D eigenvalue weighted by atomic mass is 127. The van der Waals surface area contributed by atoms with Crippen LogP contribution < -0.4 is 15.5 Å². The summed E-state index contributed by atoms with van der Waals surface area (Å²) in [6.07, 6.45) is 1.90. The average molecular weight is 529 g/mol. The zero-order valence-corrected chi connectivity index (χ0v) is 20.8. The Morgan fingerprint density at radius 1 is 1.14 bits per heavy atom. The van der Waals surface area contributed by atoms with Crippen molar-refractivity contribution in [3.05, 3.63) is 45.8 Å². The van der Waals surface area contributed by atoms with Crippen LogP contribution in [0.15, 0.2) is 35.5 Å². The topological polar surface area (TPSA) is 55.8 Å². The lowest BCUT2D eigenvalue weighted by atomic mass is 10.2. The van der Waals surface area contributed by atoms with Gasteiger partial charge in [0.1, 0.15) is 5.82 Å². The van der Waals surface area contributed by atoms with Gasteiger partial charge in [0.05, 0.1) is 13.1 Å². The Bertz CT molecular complexity index is 770. The van der Waals surface area contributed by atoms with Crippen LogP contribution in [0.5, 0.6) is 0 Å². The minimum atomic E-state index is 0. The van der Waals surface area contributed by atoms with Crippen molar-refractivity contribution < 1.29 is 0 Å². The standard InChI is InChI=1S/C21H32N6S.HI/c1-4-22-21(25-16-19-7-6-17(3)28-19)24-15-18-8-9-23-20(14-18)27-12-10-26(5-2)11-13-27;/h6-9,14H,4-5,10-13,15-16H2,1-3H3,(H2,22,24,25);1H. The number of aliphatic imine (C=N–C) groups is 1. The summed E-state index contributed by atoms with van der Waals surface area (Å²) >= 11 is 1.82. The van der Waals surface area contributed by atoms with Crippen molar-refractivity contribution in [2.45, 2.75) is 33.9 Å². The third-order valence-electron chi connectivity index (χ3n) is 4.94. The summed E-state index contributed by atoms with van der Waals surface area (Å²) in [6, 6.07) is 8.56. The number of thiophene rings is 1. The molecule has 0 aliphatic carbocycles. The van der Waals surface area contributed by atoms with Crippen LogP contribution in [0.4, 0.5) is 5.82 Å². The van der Waals surface area contributed by atoms with Gasteiger partial charge in [0.25, 0.3) is 0 Å². The van der Waals surface area contributed by atoms with Crippen LogP contribution in [0, 0.1) is 6.92 Å². The average Bonchev–Trinajstić information content (AvgIpc) is 3.15. The number of hydrogen-bond acceptors (Lipinski definition) is 5. The Morgan fingerprint density at radius 2 is 1.93 bits per heavy atom. The lowest BCUT2D eigenvalue weighted by Gasteiger charge is -2.34. The van der Waals surface area contributed by atoms with Crippen LogP contribution in [-0.2, 0) is 13.1 Å². The lowest BCUT2D eigenvalue weighted by molar-refractivity contribution is 0.270. The second-order valence-corrected chi connectivity index (χ2v) is 8.38. The third kappa shape index (κ3) is 7.42. The second-order valence-electron chi connectivity index (χ2n) is 7.00. The first kappa shape index (κ1) is 23.9. The zero-order chi connectivity index (χ0) is 19.8. The van der Waals surface area contributed by atoms with Crippen LogP contribution in [0.3, 0.4) is 0 Å². The number of rotatable bonds is 7. The van der Waals surface area contributed by atoms with E-state index < -0.39 is 0 Å². The molecule has 1 saturated heterocycles. The predicted octanol–water partition coefficient (Wildman–Crippen LogP) is 3.47. The van der Waals surface area contributed by atoms with Gasteiger partial charge >= 0.3 is 0 Å². The SMILES string of the molecule is CCNC(=NCc1ccnc(N2CCN(CC)CC2)c1)NCc1ccc(C)s1.I. The fourth-order valence-electron chi connectivity index (χ4n) is 3.29. The highest BCUT2D eigenvalue weighted by Gasteiger charge is 2.16. The van der Waals surface area contributed by atoms with Crippen molar-refractivity contribution in [1.29, 1.82) is 0 Å². The second kappa shape index (κ2) is 12.3. The van der Waals surface area contributed by atoms with Gasteiger partial charge < -0.3 is 20.4 Å².